The largest absolute Gasteiger partial charge is 0.504 e. The monoisotopic (exact) mass is 704 g/mol. The smallest absolute Gasteiger partial charge is 0.223 e. The van der Waals surface area contributed by atoms with E-state index < -0.39 is 6.10 Å². The molecule has 3 aromatic carbocycles. The molecule has 1 aromatic heterocycles. The standard InChI is InChI=1S/C43H52N4O5/c1-2-3-5-11-36-23-35(48)15-12-29-13-16-39(49)40(20-29)52-28-34-22-32(37(30-9-6-4-7-10-30)24-42(50)46-18-8-19-46)21-33-25-47(26-38(33)34)43-31(27-51-36)14-17-41(44)45-43/h4,6-7,9-10,13-14,16-17,20-22,25-26,35-37,41,45,48-49H,2-3,5,8,11-12,15,18-19,23-24,27-28,44H2,1H3/t35-,36+,37-,41?/m1/s1. The van der Waals surface area contributed by atoms with Crippen molar-refractivity contribution in [3.05, 3.63) is 113 Å². The number of likely N-dealkylation sites (tertiary alicyclic amines) is 1. The van der Waals surface area contributed by atoms with Crippen LogP contribution in [0.15, 0.2) is 90.8 Å². The van der Waals surface area contributed by atoms with E-state index in [1.165, 1.54) is 0 Å². The third kappa shape index (κ3) is 8.38. The van der Waals surface area contributed by atoms with Gasteiger partial charge in [-0.2, -0.15) is 0 Å². The number of amides is 1. The molecule has 274 valence electrons. The summed E-state index contributed by atoms with van der Waals surface area (Å²) >= 11 is 0. The molecule has 5 N–H and O–H groups in total. The third-order valence-electron chi connectivity index (χ3n) is 10.7. The number of carbonyl (C=O) groups is 1. The van der Waals surface area contributed by atoms with Crippen molar-refractivity contribution in [1.82, 2.24) is 14.8 Å². The number of rotatable bonds is 8. The number of aliphatic hydroxyl groups is 1. The Bertz CT molecular complexity index is 1910. The van der Waals surface area contributed by atoms with Crippen LogP contribution in [0.4, 0.5) is 0 Å². The number of dihydropyridines is 1. The molecule has 9 heteroatoms. The van der Waals surface area contributed by atoms with Crippen LogP contribution in [0.5, 0.6) is 11.5 Å². The molecule has 52 heavy (non-hydrogen) atoms. The van der Waals surface area contributed by atoms with Crippen LogP contribution in [0.3, 0.4) is 0 Å². The number of aromatic nitrogens is 1. The van der Waals surface area contributed by atoms with Gasteiger partial charge in [0.25, 0.3) is 0 Å². The Morgan fingerprint density at radius 3 is 2.67 bits per heavy atom. The first-order valence-corrected chi connectivity index (χ1v) is 19.0. The molecule has 3 aliphatic heterocycles. The number of phenols is 1. The van der Waals surface area contributed by atoms with E-state index >= 15 is 0 Å². The zero-order valence-corrected chi connectivity index (χ0v) is 30.2. The van der Waals surface area contributed by atoms with E-state index in [2.05, 4.69) is 53.5 Å². The lowest BCUT2D eigenvalue weighted by atomic mass is 9.86. The van der Waals surface area contributed by atoms with Gasteiger partial charge in [0.1, 0.15) is 12.4 Å². The summed E-state index contributed by atoms with van der Waals surface area (Å²) < 4.78 is 15.1. The Morgan fingerprint density at radius 2 is 1.88 bits per heavy atom. The minimum atomic E-state index is -0.529. The molecule has 0 spiro atoms. The van der Waals surface area contributed by atoms with Crippen LogP contribution in [0.2, 0.25) is 0 Å². The van der Waals surface area contributed by atoms with Gasteiger partial charge >= 0.3 is 0 Å². The lowest BCUT2D eigenvalue weighted by Gasteiger charge is -2.32. The van der Waals surface area contributed by atoms with Gasteiger partial charge in [-0.1, -0.05) is 74.7 Å². The van der Waals surface area contributed by atoms with Crippen LogP contribution >= 0.6 is 0 Å². The summed E-state index contributed by atoms with van der Waals surface area (Å²) in [7, 11) is 0. The highest BCUT2D eigenvalue weighted by Crippen LogP contribution is 2.36. The van der Waals surface area contributed by atoms with E-state index in [9.17, 15) is 15.0 Å². The molecule has 4 bridgehead atoms. The first kappa shape index (κ1) is 35.8. The third-order valence-corrected chi connectivity index (χ3v) is 10.7. The molecular formula is C43H52N4O5. The number of aryl methyl sites for hydroxylation is 1. The topological polar surface area (TPSA) is 122 Å². The molecule has 4 atom stereocenters. The number of nitrogens with zero attached hydrogens (tertiary/aromatic N) is 2. The Kier molecular flexibility index (Phi) is 11.3. The van der Waals surface area contributed by atoms with Crippen LogP contribution < -0.4 is 15.8 Å². The fourth-order valence-electron chi connectivity index (χ4n) is 7.58. The Balaban J connectivity index is 1.33. The number of benzene rings is 3. The predicted octanol–water partition coefficient (Wildman–Crippen LogP) is 6.96. The van der Waals surface area contributed by atoms with Gasteiger partial charge in [0.2, 0.25) is 5.91 Å². The predicted molar refractivity (Wildman–Crippen MR) is 205 cm³/mol. The molecule has 0 aliphatic carbocycles. The molecule has 9 nitrogen and oxygen atoms in total. The maximum atomic E-state index is 13.5. The Hall–Kier alpha value is -4.57. The lowest BCUT2D eigenvalue weighted by molar-refractivity contribution is -0.134. The normalized spacial score (nSPS) is 21.4. The number of aromatic hydroxyl groups is 1. The van der Waals surface area contributed by atoms with E-state index in [0.717, 1.165) is 89.6 Å². The zero-order chi connectivity index (χ0) is 36.0. The summed E-state index contributed by atoms with van der Waals surface area (Å²) in [6.45, 7) is 4.40. The highest BCUT2D eigenvalue weighted by Gasteiger charge is 2.27. The van der Waals surface area contributed by atoms with E-state index in [1.54, 1.807) is 6.07 Å². The van der Waals surface area contributed by atoms with Gasteiger partial charge in [0.05, 0.1) is 25.0 Å². The average molecular weight is 705 g/mol. The summed E-state index contributed by atoms with van der Waals surface area (Å²) in [6.07, 6.45) is 14.5. The fraction of sp³-hybridized carbons (Fsp3) is 0.419. The van der Waals surface area contributed by atoms with Gasteiger partial charge in [0, 0.05) is 54.2 Å². The fourth-order valence-corrected chi connectivity index (χ4v) is 7.58. The molecular weight excluding hydrogens is 652 g/mol. The number of hydrogen-bond acceptors (Lipinski definition) is 7. The van der Waals surface area contributed by atoms with Crippen molar-refractivity contribution >= 4 is 22.5 Å². The van der Waals surface area contributed by atoms with E-state index in [1.807, 2.05) is 47.4 Å². The number of carbonyl (C=O) groups excluding carboxylic acids is 1. The first-order chi connectivity index (χ1) is 25.3. The number of hydrogen-bond donors (Lipinski definition) is 4. The second kappa shape index (κ2) is 16.4. The molecule has 1 unspecified atom stereocenters. The van der Waals surface area contributed by atoms with Gasteiger partial charge in [-0.3, -0.25) is 4.79 Å². The van der Waals surface area contributed by atoms with Crippen molar-refractivity contribution in [1.29, 1.82) is 0 Å². The number of phenolic OH excluding ortho intramolecular Hbond substituents is 1. The maximum Gasteiger partial charge on any atom is 0.223 e. The van der Waals surface area contributed by atoms with Gasteiger partial charge in [-0.25, -0.2) is 0 Å². The quantitative estimate of drug-likeness (QED) is 0.146. The molecule has 4 heterocycles. The van der Waals surface area contributed by atoms with Crippen molar-refractivity contribution in [2.45, 2.75) is 95.6 Å². The summed E-state index contributed by atoms with van der Waals surface area (Å²) in [5, 5.41) is 27.5. The summed E-state index contributed by atoms with van der Waals surface area (Å²) in [5.41, 5.74) is 11.4. The van der Waals surface area contributed by atoms with Crippen molar-refractivity contribution in [2.75, 3.05) is 19.7 Å². The lowest BCUT2D eigenvalue weighted by Crippen LogP contribution is -2.42. The average Bonchev–Trinajstić information content (AvgIpc) is 3.56. The minimum Gasteiger partial charge on any atom is -0.504 e. The Labute approximate surface area is 306 Å². The highest BCUT2D eigenvalue weighted by molar-refractivity contribution is 5.88. The molecule has 0 saturated carbocycles. The van der Waals surface area contributed by atoms with Gasteiger partial charge in [-0.05, 0) is 78.6 Å². The van der Waals surface area contributed by atoms with Crippen LogP contribution in [0.1, 0.15) is 86.5 Å². The molecule has 4 aromatic rings. The second-order valence-corrected chi connectivity index (χ2v) is 14.6. The number of ether oxygens (including phenoxy) is 2. The van der Waals surface area contributed by atoms with Crippen molar-refractivity contribution in [2.24, 2.45) is 5.73 Å². The molecule has 3 aliphatic rings. The molecule has 1 amide bonds. The number of nitrogens with one attached hydrogen (secondary N) is 1. The molecule has 1 saturated heterocycles. The maximum absolute atomic E-state index is 13.5. The van der Waals surface area contributed by atoms with Crippen LogP contribution in [0.25, 0.3) is 16.6 Å². The number of fused-ring (bicyclic) bond motifs is 4. The molecule has 1 fully saturated rings. The summed E-state index contributed by atoms with van der Waals surface area (Å²) in [4.78, 5) is 15.4. The second-order valence-electron chi connectivity index (χ2n) is 14.6. The van der Waals surface area contributed by atoms with Crippen molar-refractivity contribution in [3.63, 3.8) is 0 Å². The van der Waals surface area contributed by atoms with Crippen molar-refractivity contribution < 1.29 is 24.5 Å². The first-order valence-electron chi connectivity index (χ1n) is 19.0. The molecule has 0 radical (unpaired) electrons. The van der Waals surface area contributed by atoms with E-state index in [4.69, 9.17) is 15.2 Å². The van der Waals surface area contributed by atoms with E-state index in [0.29, 0.717) is 38.0 Å². The van der Waals surface area contributed by atoms with E-state index in [-0.39, 0.29) is 36.5 Å². The van der Waals surface area contributed by atoms with Gasteiger partial charge < -0.3 is 40.2 Å². The summed E-state index contributed by atoms with van der Waals surface area (Å²) in [6, 6.07) is 20.0. The Morgan fingerprint density at radius 1 is 1.04 bits per heavy atom. The van der Waals surface area contributed by atoms with Crippen LogP contribution in [0, 0.1) is 0 Å². The number of aliphatic hydroxyl groups excluding tert-OH is 1. The number of nitrogens with two attached hydrogens (primary N) is 1. The molecule has 7 rings (SSSR count). The van der Waals surface area contributed by atoms with Crippen LogP contribution in [-0.2, 0) is 22.6 Å². The number of unbranched alkanes of at least 4 members (excludes halogenated alkanes) is 2. The SMILES string of the molecule is CCCCC[C@H]1C[C@H](O)CCc2ccc(O)c(c2)OCc2cc([C@H](CC(=O)N3CCC3)c3ccccc3)cc3cn(cc23)C2=C(C=CC(N)N2)CO1. The van der Waals surface area contributed by atoms with Gasteiger partial charge in [-0.15, -0.1) is 0 Å². The highest BCUT2D eigenvalue weighted by atomic mass is 16.5. The summed E-state index contributed by atoms with van der Waals surface area (Å²) in [5.74, 6) is 1.32. The van der Waals surface area contributed by atoms with Crippen LogP contribution in [-0.4, -0.2) is 63.7 Å². The van der Waals surface area contributed by atoms with Crippen molar-refractivity contribution in [3.8, 4) is 11.5 Å². The zero-order valence-electron chi connectivity index (χ0n) is 30.2. The minimum absolute atomic E-state index is 0.0670. The van der Waals surface area contributed by atoms with Gasteiger partial charge in [0.15, 0.2) is 11.5 Å².